The lowest BCUT2D eigenvalue weighted by molar-refractivity contribution is 0.0875. The molecule has 3 aromatic heterocycles. The van der Waals surface area contributed by atoms with E-state index in [2.05, 4.69) is 20.3 Å². The smallest absolute Gasteiger partial charge is 0.257 e. The molecule has 0 spiro atoms. The second-order valence-corrected chi connectivity index (χ2v) is 7.81. The second-order valence-electron chi connectivity index (χ2n) is 7.81. The average Bonchev–Trinajstić information content (AvgIpc) is 3.04. The Hall–Kier alpha value is -3.82. The number of aromatic nitrogens is 5. The fourth-order valence-electron chi connectivity index (χ4n) is 4.16. The van der Waals surface area contributed by atoms with Crippen LogP contribution in [-0.4, -0.2) is 44.6 Å². The molecule has 0 saturated carbocycles. The van der Waals surface area contributed by atoms with Crippen molar-refractivity contribution in [3.05, 3.63) is 58.5 Å². The molecule has 1 aliphatic heterocycles. The van der Waals surface area contributed by atoms with Crippen LogP contribution in [0.25, 0.3) is 11.4 Å². The SMILES string of the molecule is CCC1(NC(=O)c2ccc(OC)nc2OC)CCCCn2c1nc(-c1ccncn1)cc2=O. The van der Waals surface area contributed by atoms with Crippen molar-refractivity contribution in [1.82, 2.24) is 29.8 Å². The molecule has 1 amide bonds. The molecule has 0 aromatic carbocycles. The molecule has 0 saturated heterocycles. The standard InChI is InChI=1S/C23H26N6O4/c1-4-23(28-20(31)15-7-8-18(32-2)27-21(15)33-3)10-5-6-12-29-19(30)13-17(26-22(23)29)16-9-11-24-14-25-16/h7-9,11,13-14H,4-6,10,12H2,1-3H3,(H,28,31). The lowest BCUT2D eigenvalue weighted by Gasteiger charge is -2.33. The van der Waals surface area contributed by atoms with Gasteiger partial charge in [0.2, 0.25) is 11.8 Å². The molecule has 1 unspecified atom stereocenters. The second kappa shape index (κ2) is 9.35. The van der Waals surface area contributed by atoms with Crippen LogP contribution in [0.5, 0.6) is 11.8 Å². The van der Waals surface area contributed by atoms with Gasteiger partial charge in [-0.25, -0.2) is 15.0 Å². The van der Waals surface area contributed by atoms with Crippen molar-refractivity contribution < 1.29 is 14.3 Å². The summed E-state index contributed by atoms with van der Waals surface area (Å²) < 4.78 is 12.1. The Balaban J connectivity index is 1.80. The number of carbonyl (C=O) groups is 1. The van der Waals surface area contributed by atoms with Gasteiger partial charge in [0.05, 0.1) is 31.1 Å². The summed E-state index contributed by atoms with van der Waals surface area (Å²) in [6.07, 6.45) is 5.85. The molecule has 172 valence electrons. The van der Waals surface area contributed by atoms with Crippen LogP contribution in [0.1, 0.15) is 48.8 Å². The molecule has 1 atom stereocenters. The highest BCUT2D eigenvalue weighted by atomic mass is 16.5. The van der Waals surface area contributed by atoms with Gasteiger partial charge in [-0.1, -0.05) is 6.92 Å². The first-order chi connectivity index (χ1) is 16.0. The van der Waals surface area contributed by atoms with E-state index in [4.69, 9.17) is 14.5 Å². The third kappa shape index (κ3) is 4.28. The van der Waals surface area contributed by atoms with Crippen molar-refractivity contribution in [2.24, 2.45) is 0 Å². The van der Waals surface area contributed by atoms with Crippen molar-refractivity contribution in [3.63, 3.8) is 0 Å². The van der Waals surface area contributed by atoms with Crippen molar-refractivity contribution >= 4 is 5.91 Å². The maximum atomic E-state index is 13.4. The summed E-state index contributed by atoms with van der Waals surface area (Å²) in [7, 11) is 2.94. The fraction of sp³-hybridized carbons (Fsp3) is 0.391. The number of ether oxygens (including phenoxy) is 2. The van der Waals surface area contributed by atoms with Gasteiger partial charge in [-0.05, 0) is 37.8 Å². The van der Waals surface area contributed by atoms with E-state index in [0.717, 1.165) is 12.8 Å². The molecule has 1 N–H and O–H groups in total. The number of nitrogens with one attached hydrogen (secondary N) is 1. The first-order valence-corrected chi connectivity index (χ1v) is 10.8. The molecule has 4 rings (SSSR count). The van der Waals surface area contributed by atoms with Gasteiger partial charge in [0, 0.05) is 24.9 Å². The van der Waals surface area contributed by atoms with E-state index in [1.807, 2.05) is 6.92 Å². The number of rotatable bonds is 6. The summed E-state index contributed by atoms with van der Waals surface area (Å²) in [4.78, 5) is 43.7. The number of hydrogen-bond acceptors (Lipinski definition) is 8. The minimum Gasteiger partial charge on any atom is -0.481 e. The van der Waals surface area contributed by atoms with E-state index >= 15 is 0 Å². The number of amides is 1. The lowest BCUT2D eigenvalue weighted by atomic mass is 9.88. The highest BCUT2D eigenvalue weighted by Crippen LogP contribution is 2.34. The maximum absolute atomic E-state index is 13.4. The van der Waals surface area contributed by atoms with Gasteiger partial charge in [-0.15, -0.1) is 0 Å². The van der Waals surface area contributed by atoms with Gasteiger partial charge >= 0.3 is 0 Å². The van der Waals surface area contributed by atoms with Crippen LogP contribution in [0.2, 0.25) is 0 Å². The molecule has 3 aromatic rings. The minimum atomic E-state index is -0.847. The molecule has 10 nitrogen and oxygen atoms in total. The Bertz CT molecular complexity index is 1210. The van der Waals surface area contributed by atoms with E-state index in [1.54, 1.807) is 29.0 Å². The lowest BCUT2D eigenvalue weighted by Crippen LogP contribution is -2.48. The largest absolute Gasteiger partial charge is 0.481 e. The van der Waals surface area contributed by atoms with Crippen LogP contribution >= 0.6 is 0 Å². The Morgan fingerprint density at radius 1 is 1.15 bits per heavy atom. The molecule has 0 fully saturated rings. The van der Waals surface area contributed by atoms with Gasteiger partial charge < -0.3 is 14.8 Å². The monoisotopic (exact) mass is 450 g/mol. The predicted octanol–water partition coefficient (Wildman–Crippen LogP) is 2.33. The predicted molar refractivity (Wildman–Crippen MR) is 120 cm³/mol. The summed E-state index contributed by atoms with van der Waals surface area (Å²) >= 11 is 0. The van der Waals surface area contributed by atoms with Gasteiger partial charge in [0.1, 0.15) is 17.7 Å². The first-order valence-electron chi connectivity index (χ1n) is 10.8. The molecule has 0 bridgehead atoms. The van der Waals surface area contributed by atoms with Crippen LogP contribution in [0, 0.1) is 0 Å². The fourth-order valence-corrected chi connectivity index (χ4v) is 4.16. The Morgan fingerprint density at radius 3 is 2.70 bits per heavy atom. The van der Waals surface area contributed by atoms with Gasteiger partial charge in [-0.3, -0.25) is 14.2 Å². The highest BCUT2D eigenvalue weighted by molar-refractivity contribution is 5.97. The number of hydrogen-bond donors (Lipinski definition) is 1. The highest BCUT2D eigenvalue weighted by Gasteiger charge is 2.39. The summed E-state index contributed by atoms with van der Waals surface area (Å²) in [5.74, 6) is 0.666. The summed E-state index contributed by atoms with van der Waals surface area (Å²) in [5.41, 5.74) is 0.252. The Morgan fingerprint density at radius 2 is 2.00 bits per heavy atom. The zero-order chi connectivity index (χ0) is 23.4. The zero-order valence-corrected chi connectivity index (χ0v) is 18.9. The minimum absolute atomic E-state index is 0.159. The van der Waals surface area contributed by atoms with Crippen LogP contribution < -0.4 is 20.3 Å². The topological polar surface area (TPSA) is 121 Å². The number of fused-ring (bicyclic) bond motifs is 1. The van der Waals surface area contributed by atoms with Gasteiger partial charge in [-0.2, -0.15) is 4.98 Å². The van der Waals surface area contributed by atoms with Crippen molar-refractivity contribution in [2.75, 3.05) is 14.2 Å². The van der Waals surface area contributed by atoms with E-state index in [0.29, 0.717) is 42.5 Å². The van der Waals surface area contributed by atoms with Gasteiger partial charge in [0.15, 0.2) is 0 Å². The summed E-state index contributed by atoms with van der Waals surface area (Å²) in [6.45, 7) is 2.51. The molecule has 10 heteroatoms. The Labute approximate surface area is 191 Å². The molecule has 0 radical (unpaired) electrons. The van der Waals surface area contributed by atoms with E-state index < -0.39 is 5.54 Å². The number of pyridine rings is 1. The van der Waals surface area contributed by atoms with E-state index in [-0.39, 0.29) is 22.9 Å². The quantitative estimate of drug-likeness (QED) is 0.607. The Kier molecular flexibility index (Phi) is 6.34. The molecule has 4 heterocycles. The summed E-state index contributed by atoms with van der Waals surface area (Å²) in [6, 6.07) is 6.40. The maximum Gasteiger partial charge on any atom is 0.257 e. The van der Waals surface area contributed by atoms with Crippen molar-refractivity contribution in [2.45, 2.75) is 44.7 Å². The molecule has 1 aliphatic rings. The summed E-state index contributed by atoms with van der Waals surface area (Å²) in [5, 5.41) is 3.16. The van der Waals surface area contributed by atoms with E-state index in [9.17, 15) is 9.59 Å². The van der Waals surface area contributed by atoms with Gasteiger partial charge in [0.25, 0.3) is 11.5 Å². The van der Waals surface area contributed by atoms with E-state index in [1.165, 1.54) is 26.6 Å². The van der Waals surface area contributed by atoms with Crippen molar-refractivity contribution in [3.8, 4) is 23.1 Å². The number of carbonyl (C=O) groups excluding carboxylic acids is 1. The number of nitrogens with zero attached hydrogens (tertiary/aromatic N) is 5. The van der Waals surface area contributed by atoms with Crippen LogP contribution in [0.3, 0.4) is 0 Å². The van der Waals surface area contributed by atoms with Crippen LogP contribution in [0.15, 0.2) is 41.6 Å². The third-order valence-electron chi connectivity index (χ3n) is 5.95. The average molecular weight is 450 g/mol. The van der Waals surface area contributed by atoms with Crippen LogP contribution in [0.4, 0.5) is 0 Å². The van der Waals surface area contributed by atoms with Crippen molar-refractivity contribution in [1.29, 1.82) is 0 Å². The molecular formula is C23H26N6O4. The first kappa shape index (κ1) is 22.4. The molecule has 0 aliphatic carbocycles. The molecular weight excluding hydrogens is 424 g/mol. The molecule has 33 heavy (non-hydrogen) atoms. The van der Waals surface area contributed by atoms with Crippen LogP contribution in [-0.2, 0) is 12.1 Å². The third-order valence-corrected chi connectivity index (χ3v) is 5.95. The number of methoxy groups -OCH3 is 2. The normalized spacial score (nSPS) is 17.5. The zero-order valence-electron chi connectivity index (χ0n) is 18.9.